The van der Waals surface area contributed by atoms with Crippen molar-refractivity contribution in [3.8, 4) is 5.75 Å². The molecule has 2 N–H and O–H groups in total. The molecular formula is C16H28N2O. The molecule has 1 aromatic carbocycles. The van der Waals surface area contributed by atoms with E-state index < -0.39 is 0 Å². The fourth-order valence-corrected chi connectivity index (χ4v) is 2.23. The molecule has 108 valence electrons. The van der Waals surface area contributed by atoms with Crippen LogP contribution in [0, 0.1) is 5.41 Å². The van der Waals surface area contributed by atoms with Gasteiger partial charge in [0, 0.05) is 18.2 Å². The topological polar surface area (TPSA) is 38.5 Å². The molecule has 1 unspecified atom stereocenters. The van der Waals surface area contributed by atoms with Crippen LogP contribution in [0.25, 0.3) is 0 Å². The summed E-state index contributed by atoms with van der Waals surface area (Å²) in [6, 6.07) is 8.58. The second kappa shape index (κ2) is 6.92. The van der Waals surface area contributed by atoms with E-state index >= 15 is 0 Å². The Labute approximate surface area is 117 Å². The Kier molecular flexibility index (Phi) is 5.83. The number of hydrogen-bond acceptors (Lipinski definition) is 3. The van der Waals surface area contributed by atoms with Crippen LogP contribution < -0.4 is 10.5 Å². The SMILES string of the molecule is CCOc1ccccc1C(C)N(C)CC(C)(C)CN. The standard InChI is InChI=1S/C16H28N2O/c1-6-19-15-10-8-7-9-14(15)13(2)18(5)12-16(3,4)11-17/h7-10,13H,6,11-12,17H2,1-5H3. The lowest BCUT2D eigenvalue weighted by atomic mass is 9.92. The average Bonchev–Trinajstić information content (AvgIpc) is 2.38. The fraction of sp³-hybridized carbons (Fsp3) is 0.625. The Morgan fingerprint density at radius 3 is 2.53 bits per heavy atom. The number of para-hydroxylation sites is 1. The Hall–Kier alpha value is -1.06. The third-order valence-electron chi connectivity index (χ3n) is 3.56. The van der Waals surface area contributed by atoms with Crippen molar-refractivity contribution in [3.05, 3.63) is 29.8 Å². The summed E-state index contributed by atoms with van der Waals surface area (Å²) < 4.78 is 5.71. The normalized spacial score (nSPS) is 13.6. The van der Waals surface area contributed by atoms with Gasteiger partial charge >= 0.3 is 0 Å². The number of benzene rings is 1. The molecule has 0 aliphatic rings. The van der Waals surface area contributed by atoms with E-state index in [1.54, 1.807) is 0 Å². The largest absolute Gasteiger partial charge is 0.494 e. The van der Waals surface area contributed by atoms with Crippen LogP contribution in [0.4, 0.5) is 0 Å². The highest BCUT2D eigenvalue weighted by molar-refractivity contribution is 5.35. The minimum absolute atomic E-state index is 0.129. The maximum Gasteiger partial charge on any atom is 0.124 e. The summed E-state index contributed by atoms with van der Waals surface area (Å²) in [4.78, 5) is 2.34. The lowest BCUT2D eigenvalue weighted by Crippen LogP contribution is -2.38. The number of nitrogens with two attached hydrogens (primary N) is 1. The van der Waals surface area contributed by atoms with Crippen LogP contribution in [-0.4, -0.2) is 31.6 Å². The van der Waals surface area contributed by atoms with Crippen LogP contribution in [0.1, 0.15) is 39.3 Å². The van der Waals surface area contributed by atoms with Crippen molar-refractivity contribution in [2.24, 2.45) is 11.1 Å². The molecule has 0 heterocycles. The van der Waals surface area contributed by atoms with Crippen LogP contribution >= 0.6 is 0 Å². The van der Waals surface area contributed by atoms with Gasteiger partial charge in [0.1, 0.15) is 5.75 Å². The first kappa shape index (κ1) is 16.0. The van der Waals surface area contributed by atoms with Crippen LogP contribution in [0.5, 0.6) is 5.75 Å². The van der Waals surface area contributed by atoms with Gasteiger partial charge in [-0.3, -0.25) is 4.90 Å². The Morgan fingerprint density at radius 1 is 1.32 bits per heavy atom. The summed E-state index contributed by atoms with van der Waals surface area (Å²) in [6.45, 7) is 11.0. The quantitative estimate of drug-likeness (QED) is 0.822. The summed E-state index contributed by atoms with van der Waals surface area (Å²) in [7, 11) is 2.14. The fourth-order valence-electron chi connectivity index (χ4n) is 2.23. The number of ether oxygens (including phenoxy) is 1. The van der Waals surface area contributed by atoms with Gasteiger partial charge in [-0.25, -0.2) is 0 Å². The van der Waals surface area contributed by atoms with Gasteiger partial charge < -0.3 is 10.5 Å². The van der Waals surface area contributed by atoms with Crippen molar-refractivity contribution in [2.75, 3.05) is 26.7 Å². The number of rotatable bonds is 7. The van der Waals surface area contributed by atoms with Crippen molar-refractivity contribution >= 4 is 0 Å². The van der Waals surface area contributed by atoms with Crippen LogP contribution in [0.3, 0.4) is 0 Å². The lowest BCUT2D eigenvalue weighted by molar-refractivity contribution is 0.171. The van der Waals surface area contributed by atoms with E-state index in [0.29, 0.717) is 19.2 Å². The van der Waals surface area contributed by atoms with E-state index in [-0.39, 0.29) is 5.41 Å². The lowest BCUT2D eigenvalue weighted by Gasteiger charge is -2.33. The molecule has 0 fully saturated rings. The third-order valence-corrected chi connectivity index (χ3v) is 3.56. The molecule has 1 atom stereocenters. The Balaban J connectivity index is 2.84. The molecule has 3 heteroatoms. The first-order chi connectivity index (χ1) is 8.91. The summed E-state index contributed by atoms with van der Waals surface area (Å²) >= 11 is 0. The first-order valence-corrected chi connectivity index (χ1v) is 7.03. The molecule has 0 aromatic heterocycles. The van der Waals surface area contributed by atoms with E-state index in [9.17, 15) is 0 Å². The molecule has 0 saturated heterocycles. The van der Waals surface area contributed by atoms with E-state index in [2.05, 4.69) is 44.9 Å². The average molecular weight is 264 g/mol. The van der Waals surface area contributed by atoms with Crippen molar-refractivity contribution in [1.29, 1.82) is 0 Å². The minimum Gasteiger partial charge on any atom is -0.494 e. The molecule has 0 radical (unpaired) electrons. The maximum absolute atomic E-state index is 5.82. The molecule has 1 rings (SSSR count). The predicted octanol–water partition coefficient (Wildman–Crippen LogP) is 3.06. The molecule has 0 aliphatic carbocycles. The van der Waals surface area contributed by atoms with Crippen molar-refractivity contribution in [3.63, 3.8) is 0 Å². The van der Waals surface area contributed by atoms with Crippen LogP contribution in [-0.2, 0) is 0 Å². The van der Waals surface area contributed by atoms with Gasteiger partial charge in [0.05, 0.1) is 6.61 Å². The molecule has 1 aromatic rings. The molecule has 0 aliphatic heterocycles. The highest BCUT2D eigenvalue weighted by atomic mass is 16.5. The highest BCUT2D eigenvalue weighted by Gasteiger charge is 2.23. The van der Waals surface area contributed by atoms with Crippen LogP contribution in [0.2, 0.25) is 0 Å². The molecule has 0 amide bonds. The van der Waals surface area contributed by atoms with E-state index in [4.69, 9.17) is 10.5 Å². The molecule has 3 nitrogen and oxygen atoms in total. The summed E-state index contributed by atoms with van der Waals surface area (Å²) in [5, 5.41) is 0. The van der Waals surface area contributed by atoms with Gasteiger partial charge in [0.15, 0.2) is 0 Å². The zero-order valence-electron chi connectivity index (χ0n) is 12.9. The van der Waals surface area contributed by atoms with Crippen molar-refractivity contribution in [1.82, 2.24) is 4.90 Å². The Morgan fingerprint density at radius 2 is 1.95 bits per heavy atom. The second-order valence-corrected chi connectivity index (χ2v) is 5.93. The number of nitrogens with zero attached hydrogens (tertiary/aromatic N) is 1. The van der Waals surface area contributed by atoms with Crippen LogP contribution in [0.15, 0.2) is 24.3 Å². The minimum atomic E-state index is 0.129. The van der Waals surface area contributed by atoms with Crippen molar-refractivity contribution < 1.29 is 4.74 Å². The molecule has 19 heavy (non-hydrogen) atoms. The monoisotopic (exact) mass is 264 g/mol. The van der Waals surface area contributed by atoms with Gasteiger partial charge in [-0.2, -0.15) is 0 Å². The highest BCUT2D eigenvalue weighted by Crippen LogP contribution is 2.30. The molecule has 0 spiro atoms. The zero-order chi connectivity index (χ0) is 14.5. The van der Waals surface area contributed by atoms with Crippen molar-refractivity contribution in [2.45, 2.75) is 33.7 Å². The maximum atomic E-state index is 5.82. The molecule has 0 bridgehead atoms. The summed E-state index contributed by atoms with van der Waals surface area (Å²) in [6.07, 6.45) is 0. The van der Waals surface area contributed by atoms with Gasteiger partial charge in [0.2, 0.25) is 0 Å². The zero-order valence-corrected chi connectivity index (χ0v) is 12.9. The summed E-state index contributed by atoms with van der Waals surface area (Å²) in [5.41, 5.74) is 7.18. The van der Waals surface area contributed by atoms with Gasteiger partial charge in [-0.05, 0) is 38.9 Å². The summed E-state index contributed by atoms with van der Waals surface area (Å²) in [5.74, 6) is 0.981. The first-order valence-electron chi connectivity index (χ1n) is 7.03. The number of hydrogen-bond donors (Lipinski definition) is 1. The predicted molar refractivity (Wildman–Crippen MR) is 81.5 cm³/mol. The molecule has 0 saturated carbocycles. The van der Waals surface area contributed by atoms with Gasteiger partial charge in [-0.15, -0.1) is 0 Å². The van der Waals surface area contributed by atoms with E-state index in [1.165, 1.54) is 5.56 Å². The Bertz CT molecular complexity index is 390. The van der Waals surface area contributed by atoms with E-state index in [0.717, 1.165) is 12.3 Å². The van der Waals surface area contributed by atoms with Gasteiger partial charge in [-0.1, -0.05) is 32.0 Å². The smallest absolute Gasteiger partial charge is 0.124 e. The second-order valence-electron chi connectivity index (χ2n) is 5.93. The molecular weight excluding hydrogens is 236 g/mol. The van der Waals surface area contributed by atoms with Gasteiger partial charge in [0.25, 0.3) is 0 Å². The van der Waals surface area contributed by atoms with E-state index in [1.807, 2.05) is 19.1 Å². The third kappa shape index (κ3) is 4.51.